The van der Waals surface area contributed by atoms with Crippen molar-refractivity contribution in [1.29, 1.82) is 0 Å². The standard InChI is InChI=1S/C21H25N3O2/c1-14-9-10-17(13-15(14)2)26-16(3)21(25)22-12-11-20-23-18-7-5-6-8-19(18)24(20)4/h5-10,13,16H,11-12H2,1-4H3,(H,22,25)/t16-/m1/s1. The molecular formula is C21H25N3O2. The Labute approximate surface area is 154 Å². The molecule has 0 aliphatic heterocycles. The molecule has 0 spiro atoms. The van der Waals surface area contributed by atoms with E-state index < -0.39 is 6.10 Å². The predicted molar refractivity (Wildman–Crippen MR) is 103 cm³/mol. The van der Waals surface area contributed by atoms with Crippen LogP contribution in [-0.2, 0) is 18.3 Å². The molecule has 5 nitrogen and oxygen atoms in total. The molecule has 5 heteroatoms. The van der Waals surface area contributed by atoms with Gasteiger partial charge in [-0.25, -0.2) is 4.98 Å². The van der Waals surface area contributed by atoms with Crippen LogP contribution in [0.3, 0.4) is 0 Å². The zero-order valence-corrected chi connectivity index (χ0v) is 15.7. The number of hydrogen-bond donors (Lipinski definition) is 1. The van der Waals surface area contributed by atoms with Crippen LogP contribution in [0.25, 0.3) is 11.0 Å². The normalized spacial score (nSPS) is 12.2. The number of nitrogens with one attached hydrogen (secondary N) is 1. The molecule has 1 amide bonds. The van der Waals surface area contributed by atoms with Crippen LogP contribution in [0.1, 0.15) is 23.9 Å². The fourth-order valence-electron chi connectivity index (χ4n) is 2.91. The van der Waals surface area contributed by atoms with Gasteiger partial charge in [-0.05, 0) is 56.2 Å². The van der Waals surface area contributed by atoms with Crippen molar-refractivity contribution in [2.45, 2.75) is 33.3 Å². The fourth-order valence-corrected chi connectivity index (χ4v) is 2.91. The highest BCUT2D eigenvalue weighted by atomic mass is 16.5. The summed E-state index contributed by atoms with van der Waals surface area (Å²) in [6.45, 7) is 6.37. The van der Waals surface area contributed by atoms with Crippen molar-refractivity contribution in [3.63, 3.8) is 0 Å². The number of hydrogen-bond acceptors (Lipinski definition) is 3. The number of para-hydroxylation sites is 2. The Bertz CT molecular complexity index is 930. The van der Waals surface area contributed by atoms with Crippen molar-refractivity contribution in [3.8, 4) is 5.75 Å². The summed E-state index contributed by atoms with van der Waals surface area (Å²) in [4.78, 5) is 16.9. The van der Waals surface area contributed by atoms with Crippen molar-refractivity contribution < 1.29 is 9.53 Å². The summed E-state index contributed by atoms with van der Waals surface area (Å²) in [5, 5.41) is 2.93. The van der Waals surface area contributed by atoms with Crippen LogP contribution in [0.15, 0.2) is 42.5 Å². The van der Waals surface area contributed by atoms with E-state index in [-0.39, 0.29) is 5.91 Å². The van der Waals surface area contributed by atoms with Crippen LogP contribution >= 0.6 is 0 Å². The van der Waals surface area contributed by atoms with Crippen molar-refractivity contribution in [2.24, 2.45) is 7.05 Å². The summed E-state index contributed by atoms with van der Waals surface area (Å²) in [7, 11) is 2.00. The summed E-state index contributed by atoms with van der Waals surface area (Å²) in [5.41, 5.74) is 4.43. The minimum atomic E-state index is -0.544. The molecule has 0 unspecified atom stereocenters. The van der Waals surface area contributed by atoms with Crippen LogP contribution in [-0.4, -0.2) is 28.1 Å². The summed E-state index contributed by atoms with van der Waals surface area (Å²) in [6.07, 6.45) is 0.130. The van der Waals surface area contributed by atoms with Gasteiger partial charge in [0.1, 0.15) is 11.6 Å². The molecule has 3 aromatic rings. The van der Waals surface area contributed by atoms with Gasteiger partial charge in [-0.15, -0.1) is 0 Å². The second kappa shape index (κ2) is 7.60. The number of amides is 1. The van der Waals surface area contributed by atoms with Gasteiger partial charge in [-0.3, -0.25) is 4.79 Å². The highest BCUT2D eigenvalue weighted by Gasteiger charge is 2.15. The molecule has 0 saturated carbocycles. The molecule has 0 aliphatic carbocycles. The topological polar surface area (TPSA) is 56.1 Å². The van der Waals surface area contributed by atoms with E-state index >= 15 is 0 Å². The second-order valence-corrected chi connectivity index (χ2v) is 6.62. The molecule has 1 atom stereocenters. The number of imidazole rings is 1. The molecule has 0 saturated heterocycles. The molecule has 26 heavy (non-hydrogen) atoms. The Morgan fingerprint density at radius 3 is 2.69 bits per heavy atom. The van der Waals surface area contributed by atoms with E-state index in [9.17, 15) is 4.79 Å². The van der Waals surface area contributed by atoms with Crippen molar-refractivity contribution >= 4 is 16.9 Å². The minimum Gasteiger partial charge on any atom is -0.481 e. The van der Waals surface area contributed by atoms with E-state index in [1.807, 2.05) is 56.4 Å². The minimum absolute atomic E-state index is 0.123. The third kappa shape index (κ3) is 3.87. The maximum Gasteiger partial charge on any atom is 0.260 e. The van der Waals surface area contributed by atoms with Gasteiger partial charge in [-0.2, -0.15) is 0 Å². The SMILES string of the molecule is Cc1ccc(O[C@H](C)C(=O)NCCc2nc3ccccc3n2C)cc1C. The van der Waals surface area contributed by atoms with Crippen LogP contribution in [0.2, 0.25) is 0 Å². The van der Waals surface area contributed by atoms with E-state index in [4.69, 9.17) is 4.74 Å². The largest absolute Gasteiger partial charge is 0.481 e. The number of carbonyl (C=O) groups is 1. The van der Waals surface area contributed by atoms with Gasteiger partial charge in [0, 0.05) is 20.0 Å². The Kier molecular flexibility index (Phi) is 5.26. The van der Waals surface area contributed by atoms with Gasteiger partial charge in [0.05, 0.1) is 11.0 Å². The lowest BCUT2D eigenvalue weighted by molar-refractivity contribution is -0.127. The number of aromatic nitrogens is 2. The van der Waals surface area contributed by atoms with Gasteiger partial charge >= 0.3 is 0 Å². The van der Waals surface area contributed by atoms with Crippen LogP contribution in [0.4, 0.5) is 0 Å². The molecule has 2 aromatic carbocycles. The fraction of sp³-hybridized carbons (Fsp3) is 0.333. The highest BCUT2D eigenvalue weighted by molar-refractivity contribution is 5.80. The summed E-state index contributed by atoms with van der Waals surface area (Å²) >= 11 is 0. The molecule has 1 heterocycles. The quantitative estimate of drug-likeness (QED) is 0.741. The van der Waals surface area contributed by atoms with Crippen LogP contribution in [0, 0.1) is 13.8 Å². The lowest BCUT2D eigenvalue weighted by Gasteiger charge is -2.15. The number of rotatable bonds is 6. The zero-order valence-electron chi connectivity index (χ0n) is 15.7. The molecular weight excluding hydrogens is 326 g/mol. The lowest BCUT2D eigenvalue weighted by Crippen LogP contribution is -2.37. The Morgan fingerprint density at radius 2 is 1.96 bits per heavy atom. The average molecular weight is 351 g/mol. The number of benzene rings is 2. The predicted octanol–water partition coefficient (Wildman–Crippen LogP) is 3.32. The lowest BCUT2D eigenvalue weighted by atomic mass is 10.1. The van der Waals surface area contributed by atoms with Gasteiger partial charge < -0.3 is 14.6 Å². The third-order valence-corrected chi connectivity index (χ3v) is 4.69. The maximum atomic E-state index is 12.3. The second-order valence-electron chi connectivity index (χ2n) is 6.62. The molecule has 0 bridgehead atoms. The molecule has 0 aliphatic rings. The molecule has 3 rings (SSSR count). The molecule has 1 N–H and O–H groups in total. The Hall–Kier alpha value is -2.82. The molecule has 136 valence electrons. The summed E-state index contributed by atoms with van der Waals surface area (Å²) in [5.74, 6) is 1.54. The van der Waals surface area contributed by atoms with E-state index in [0.29, 0.717) is 18.7 Å². The smallest absolute Gasteiger partial charge is 0.260 e. The van der Waals surface area contributed by atoms with E-state index in [0.717, 1.165) is 22.4 Å². The van der Waals surface area contributed by atoms with Gasteiger partial charge in [0.15, 0.2) is 6.10 Å². The van der Waals surface area contributed by atoms with Crippen molar-refractivity contribution in [3.05, 3.63) is 59.4 Å². The highest BCUT2D eigenvalue weighted by Crippen LogP contribution is 2.18. The van der Waals surface area contributed by atoms with Gasteiger partial charge in [0.2, 0.25) is 0 Å². The first-order valence-electron chi connectivity index (χ1n) is 8.87. The summed E-state index contributed by atoms with van der Waals surface area (Å²) in [6, 6.07) is 13.9. The van der Waals surface area contributed by atoms with Crippen molar-refractivity contribution in [2.75, 3.05) is 6.54 Å². The molecule has 1 aromatic heterocycles. The van der Waals surface area contributed by atoms with Crippen LogP contribution < -0.4 is 10.1 Å². The van der Waals surface area contributed by atoms with E-state index in [1.165, 1.54) is 5.56 Å². The number of carbonyl (C=O) groups excluding carboxylic acids is 1. The number of ether oxygens (including phenoxy) is 1. The average Bonchev–Trinajstić information content (AvgIpc) is 2.94. The maximum absolute atomic E-state index is 12.3. The first-order chi connectivity index (χ1) is 12.5. The Morgan fingerprint density at radius 1 is 1.19 bits per heavy atom. The van der Waals surface area contributed by atoms with Crippen molar-refractivity contribution in [1.82, 2.24) is 14.9 Å². The molecule has 0 radical (unpaired) electrons. The monoisotopic (exact) mass is 351 g/mol. The van der Waals surface area contributed by atoms with E-state index in [1.54, 1.807) is 6.92 Å². The van der Waals surface area contributed by atoms with Gasteiger partial charge in [0.25, 0.3) is 5.91 Å². The zero-order chi connectivity index (χ0) is 18.7. The van der Waals surface area contributed by atoms with Gasteiger partial charge in [-0.1, -0.05) is 18.2 Å². The van der Waals surface area contributed by atoms with E-state index in [2.05, 4.69) is 21.8 Å². The third-order valence-electron chi connectivity index (χ3n) is 4.69. The first kappa shape index (κ1) is 18.0. The van der Waals surface area contributed by atoms with Crippen LogP contribution in [0.5, 0.6) is 5.75 Å². The number of aryl methyl sites for hydroxylation is 3. The summed E-state index contributed by atoms with van der Waals surface area (Å²) < 4.78 is 7.82. The molecule has 0 fully saturated rings. The number of fused-ring (bicyclic) bond motifs is 1. The first-order valence-corrected chi connectivity index (χ1v) is 8.87. The Balaban J connectivity index is 1.54. The number of nitrogens with zero attached hydrogens (tertiary/aromatic N) is 2.